The Kier molecular flexibility index (Phi) is 10.1. The molecule has 0 aliphatic carbocycles. The lowest BCUT2D eigenvalue weighted by atomic mass is 9.95. The number of terminal acetylenes is 1. The van der Waals surface area contributed by atoms with Crippen LogP contribution in [0, 0.1) is 23.7 Å². The summed E-state index contributed by atoms with van der Waals surface area (Å²) in [6, 6.07) is 15.6. The second-order valence-electron chi connectivity index (χ2n) is 10.9. The van der Waals surface area contributed by atoms with Crippen molar-refractivity contribution in [3.8, 4) is 18.4 Å². The number of amides is 3. The number of rotatable bonds is 8. The zero-order chi connectivity index (χ0) is 28.5. The maximum atomic E-state index is 14.1. The number of hydrogen-bond acceptors (Lipinski definition) is 5. The molecule has 200 valence electrons. The predicted octanol–water partition coefficient (Wildman–Crippen LogP) is 4.11. The fraction of sp³-hybridized carbons (Fsp3) is 0.400. The van der Waals surface area contributed by atoms with E-state index in [-0.39, 0.29) is 6.42 Å². The lowest BCUT2D eigenvalue weighted by Gasteiger charge is -2.35. The molecule has 3 amide bonds. The number of ether oxygens (including phenoxy) is 1. The Morgan fingerprint density at radius 3 is 2.16 bits per heavy atom. The molecular formula is C30H36N4O4. The largest absolute Gasteiger partial charge is 0.444 e. The normalized spacial score (nSPS) is 12.7. The van der Waals surface area contributed by atoms with Gasteiger partial charge >= 0.3 is 6.09 Å². The Labute approximate surface area is 225 Å². The summed E-state index contributed by atoms with van der Waals surface area (Å²) in [7, 11) is 0. The van der Waals surface area contributed by atoms with Gasteiger partial charge in [-0.15, -0.1) is 6.42 Å². The molecule has 8 heteroatoms. The summed E-state index contributed by atoms with van der Waals surface area (Å²) in [6.45, 7) is 10.2. The van der Waals surface area contributed by atoms with Crippen molar-refractivity contribution >= 4 is 17.9 Å². The van der Waals surface area contributed by atoms with Gasteiger partial charge in [0.2, 0.25) is 11.8 Å². The van der Waals surface area contributed by atoms with E-state index < -0.39 is 47.7 Å². The Bertz CT molecular complexity index is 1210. The number of nitriles is 1. The van der Waals surface area contributed by atoms with E-state index in [1.807, 2.05) is 57.2 Å². The Hall–Kier alpha value is -4.30. The van der Waals surface area contributed by atoms with Gasteiger partial charge in [-0.2, -0.15) is 5.26 Å². The van der Waals surface area contributed by atoms with E-state index in [9.17, 15) is 19.6 Å². The molecule has 2 aromatic rings. The van der Waals surface area contributed by atoms with Crippen molar-refractivity contribution in [1.82, 2.24) is 15.5 Å². The highest BCUT2D eigenvalue weighted by Crippen LogP contribution is 2.27. The van der Waals surface area contributed by atoms with Crippen LogP contribution in [0.3, 0.4) is 0 Å². The second kappa shape index (κ2) is 12.8. The Morgan fingerprint density at radius 1 is 1.00 bits per heavy atom. The van der Waals surface area contributed by atoms with Crippen LogP contribution in [0.15, 0.2) is 54.6 Å². The summed E-state index contributed by atoms with van der Waals surface area (Å²) in [5, 5.41) is 15.2. The van der Waals surface area contributed by atoms with Crippen LogP contribution in [0.4, 0.5) is 4.79 Å². The third-order valence-corrected chi connectivity index (χ3v) is 5.26. The topological polar surface area (TPSA) is 112 Å². The van der Waals surface area contributed by atoms with Crippen LogP contribution in [0.2, 0.25) is 0 Å². The molecule has 2 atom stereocenters. The SMILES string of the molecule is C#Cc1ccccc1C(C(=O)NC(C)(C)C)N(CC#N)C(=O)C(Cc1ccccc1)NC(=O)OC(C)(C)C. The quantitative estimate of drug-likeness (QED) is 0.405. The summed E-state index contributed by atoms with van der Waals surface area (Å²) < 4.78 is 5.40. The molecule has 0 aromatic heterocycles. The lowest BCUT2D eigenvalue weighted by Crippen LogP contribution is -2.55. The molecule has 2 rings (SSSR count). The molecule has 0 aliphatic rings. The van der Waals surface area contributed by atoms with Crippen molar-refractivity contribution in [2.45, 2.75) is 71.2 Å². The minimum atomic E-state index is -1.22. The van der Waals surface area contributed by atoms with E-state index in [4.69, 9.17) is 11.2 Å². The second-order valence-corrected chi connectivity index (χ2v) is 10.9. The van der Waals surface area contributed by atoms with Gasteiger partial charge in [0.1, 0.15) is 24.2 Å². The molecule has 2 aromatic carbocycles. The average molecular weight is 517 g/mol. The van der Waals surface area contributed by atoms with Crippen LogP contribution in [0.1, 0.15) is 64.3 Å². The highest BCUT2D eigenvalue weighted by molar-refractivity contribution is 5.93. The molecule has 8 nitrogen and oxygen atoms in total. The molecule has 38 heavy (non-hydrogen) atoms. The third-order valence-electron chi connectivity index (χ3n) is 5.26. The first kappa shape index (κ1) is 29.9. The molecular weight excluding hydrogens is 480 g/mol. The maximum Gasteiger partial charge on any atom is 0.408 e. The van der Waals surface area contributed by atoms with Gasteiger partial charge in [0.25, 0.3) is 0 Å². The number of hydrogen-bond donors (Lipinski definition) is 2. The van der Waals surface area contributed by atoms with Gasteiger partial charge in [0.05, 0.1) is 6.07 Å². The monoisotopic (exact) mass is 516 g/mol. The van der Waals surface area contributed by atoms with Gasteiger partial charge in [-0.3, -0.25) is 9.59 Å². The number of nitrogens with zero attached hydrogens (tertiary/aromatic N) is 2. The molecule has 0 saturated carbocycles. The molecule has 2 unspecified atom stereocenters. The van der Waals surface area contributed by atoms with Crippen molar-refractivity contribution in [2.75, 3.05) is 6.54 Å². The summed E-state index contributed by atoms with van der Waals surface area (Å²) in [4.78, 5) is 41.6. The third kappa shape index (κ3) is 8.97. The Balaban J connectivity index is 2.60. The van der Waals surface area contributed by atoms with Gasteiger partial charge in [0.15, 0.2) is 0 Å². The first-order chi connectivity index (χ1) is 17.8. The van der Waals surface area contributed by atoms with Crippen LogP contribution in [0.5, 0.6) is 0 Å². The van der Waals surface area contributed by atoms with Gasteiger partial charge < -0.3 is 20.3 Å². The molecule has 0 aliphatic heterocycles. The van der Waals surface area contributed by atoms with Crippen molar-refractivity contribution < 1.29 is 19.1 Å². The number of nitrogens with one attached hydrogen (secondary N) is 2. The van der Waals surface area contributed by atoms with Gasteiger partial charge in [0, 0.05) is 17.5 Å². The van der Waals surface area contributed by atoms with Crippen LogP contribution >= 0.6 is 0 Å². The number of benzene rings is 2. The molecule has 0 spiro atoms. The number of alkyl carbamates (subject to hydrolysis) is 1. The zero-order valence-corrected chi connectivity index (χ0v) is 22.9. The Morgan fingerprint density at radius 2 is 1.61 bits per heavy atom. The molecule has 0 heterocycles. The predicted molar refractivity (Wildman–Crippen MR) is 146 cm³/mol. The van der Waals surface area contributed by atoms with E-state index in [0.29, 0.717) is 11.1 Å². The molecule has 0 saturated heterocycles. The van der Waals surface area contributed by atoms with Crippen molar-refractivity contribution in [3.63, 3.8) is 0 Å². The van der Waals surface area contributed by atoms with Crippen LogP contribution in [-0.4, -0.2) is 46.5 Å². The number of carbonyl (C=O) groups is 3. The zero-order valence-electron chi connectivity index (χ0n) is 22.9. The van der Waals surface area contributed by atoms with Crippen LogP contribution in [0.25, 0.3) is 0 Å². The fourth-order valence-electron chi connectivity index (χ4n) is 3.83. The highest BCUT2D eigenvalue weighted by Gasteiger charge is 2.38. The van der Waals surface area contributed by atoms with E-state index in [1.165, 1.54) is 0 Å². The van der Waals surface area contributed by atoms with Crippen molar-refractivity contribution in [3.05, 3.63) is 71.3 Å². The minimum Gasteiger partial charge on any atom is -0.444 e. The fourth-order valence-corrected chi connectivity index (χ4v) is 3.83. The van der Waals surface area contributed by atoms with Gasteiger partial charge in [-0.1, -0.05) is 54.5 Å². The molecule has 0 radical (unpaired) electrons. The highest BCUT2D eigenvalue weighted by atomic mass is 16.6. The van der Waals surface area contributed by atoms with Gasteiger partial charge in [-0.05, 0) is 58.7 Å². The van der Waals surface area contributed by atoms with E-state index >= 15 is 0 Å². The van der Waals surface area contributed by atoms with E-state index in [1.54, 1.807) is 45.0 Å². The van der Waals surface area contributed by atoms with E-state index in [0.717, 1.165) is 10.5 Å². The first-order valence-electron chi connectivity index (χ1n) is 12.3. The van der Waals surface area contributed by atoms with Crippen molar-refractivity contribution in [1.29, 1.82) is 5.26 Å². The lowest BCUT2D eigenvalue weighted by molar-refractivity contribution is -0.142. The van der Waals surface area contributed by atoms with E-state index in [2.05, 4.69) is 16.6 Å². The van der Waals surface area contributed by atoms with Crippen LogP contribution in [-0.2, 0) is 20.7 Å². The molecule has 2 N–H and O–H groups in total. The minimum absolute atomic E-state index is 0.116. The standard InChI is InChI=1S/C30H36N4O4/c1-8-22-16-12-13-17-23(22)25(26(35)33-29(2,3)4)34(19-18-31)27(36)24(20-21-14-10-9-11-15-21)32-28(37)38-30(5,6)7/h1,9-17,24-25H,19-20H2,2-7H3,(H,32,37)(H,33,35). The van der Waals surface area contributed by atoms with Crippen molar-refractivity contribution in [2.24, 2.45) is 0 Å². The molecule has 0 fully saturated rings. The summed E-state index contributed by atoms with van der Waals surface area (Å²) in [5.41, 5.74) is 0.170. The van der Waals surface area contributed by atoms with Gasteiger partial charge in [-0.25, -0.2) is 4.79 Å². The van der Waals surface area contributed by atoms with Crippen LogP contribution < -0.4 is 10.6 Å². The summed E-state index contributed by atoms with van der Waals surface area (Å²) in [6.07, 6.45) is 5.06. The average Bonchev–Trinajstić information content (AvgIpc) is 2.81. The summed E-state index contributed by atoms with van der Waals surface area (Å²) >= 11 is 0. The number of carbonyl (C=O) groups excluding carboxylic acids is 3. The smallest absolute Gasteiger partial charge is 0.408 e. The summed E-state index contributed by atoms with van der Waals surface area (Å²) in [5.74, 6) is 1.44. The first-order valence-corrected chi connectivity index (χ1v) is 12.3. The molecule has 0 bridgehead atoms. The maximum absolute atomic E-state index is 14.1.